The van der Waals surface area contributed by atoms with Crippen molar-refractivity contribution in [2.45, 2.75) is 32.3 Å². The van der Waals surface area contributed by atoms with Crippen molar-refractivity contribution in [2.75, 3.05) is 6.61 Å². The second kappa shape index (κ2) is 11.2. The lowest BCUT2D eigenvalue weighted by Gasteiger charge is -2.07. The first-order valence-corrected chi connectivity index (χ1v) is 10.5. The molecule has 1 atom stereocenters. The predicted octanol–water partition coefficient (Wildman–Crippen LogP) is 6.68. The maximum absolute atomic E-state index is 14.7. The van der Waals surface area contributed by atoms with Gasteiger partial charge < -0.3 is 9.84 Å². The van der Waals surface area contributed by atoms with Crippen molar-refractivity contribution in [1.29, 1.82) is 0 Å². The molecule has 0 fully saturated rings. The van der Waals surface area contributed by atoms with Crippen LogP contribution >= 0.6 is 0 Å². The van der Waals surface area contributed by atoms with Crippen LogP contribution in [-0.4, -0.2) is 22.8 Å². The smallest absolute Gasteiger partial charge is 0.133 e. The van der Waals surface area contributed by atoms with E-state index < -0.39 is 0 Å². The van der Waals surface area contributed by atoms with Crippen molar-refractivity contribution in [3.05, 3.63) is 90.9 Å². The fourth-order valence-corrected chi connectivity index (χ4v) is 3.22. The molecule has 0 radical (unpaired) electrons. The van der Waals surface area contributed by atoms with Gasteiger partial charge in [-0.25, -0.2) is 4.39 Å². The minimum Gasteiger partial charge on any atom is -0.490 e. The van der Waals surface area contributed by atoms with Gasteiger partial charge in [-0.2, -0.15) is 0 Å². The van der Waals surface area contributed by atoms with Crippen LogP contribution in [0.15, 0.2) is 79.5 Å². The van der Waals surface area contributed by atoms with E-state index in [2.05, 4.69) is 11.6 Å². The molecule has 1 unspecified atom stereocenters. The van der Waals surface area contributed by atoms with Crippen LogP contribution in [0.4, 0.5) is 4.39 Å². The molecule has 0 spiro atoms. The summed E-state index contributed by atoms with van der Waals surface area (Å²) in [5, 5.41) is 9.28. The number of aromatic nitrogens is 1. The van der Waals surface area contributed by atoms with Crippen molar-refractivity contribution in [3.63, 3.8) is 0 Å². The Hall–Kier alpha value is -3.24. The molecule has 1 heterocycles. The molecule has 0 aliphatic rings. The molecule has 31 heavy (non-hydrogen) atoms. The Bertz CT molecular complexity index is 1010. The number of aliphatic hydroxyl groups is 1. The molecule has 3 rings (SSSR count). The first-order valence-electron chi connectivity index (χ1n) is 10.5. The topological polar surface area (TPSA) is 42.4 Å². The Kier molecular flexibility index (Phi) is 8.13. The zero-order valence-electron chi connectivity index (χ0n) is 17.8. The van der Waals surface area contributed by atoms with Gasteiger partial charge in [-0.1, -0.05) is 49.1 Å². The summed E-state index contributed by atoms with van der Waals surface area (Å²) < 4.78 is 20.2. The highest BCUT2D eigenvalue weighted by Gasteiger charge is 2.08. The highest BCUT2D eigenvalue weighted by Crippen LogP contribution is 2.26. The molecule has 0 aliphatic carbocycles. The van der Waals surface area contributed by atoms with Gasteiger partial charge in [0.2, 0.25) is 0 Å². The average molecular weight is 418 g/mol. The van der Waals surface area contributed by atoms with E-state index in [4.69, 9.17) is 4.74 Å². The van der Waals surface area contributed by atoms with Crippen LogP contribution in [-0.2, 0) is 0 Å². The Morgan fingerprint density at radius 1 is 1.10 bits per heavy atom. The summed E-state index contributed by atoms with van der Waals surface area (Å²) in [6.45, 7) is 5.90. The van der Waals surface area contributed by atoms with Crippen LogP contribution < -0.4 is 4.74 Å². The number of hydrogen-bond acceptors (Lipinski definition) is 3. The van der Waals surface area contributed by atoms with E-state index in [1.165, 1.54) is 6.07 Å². The average Bonchev–Trinajstić information content (AvgIpc) is 2.78. The van der Waals surface area contributed by atoms with Crippen LogP contribution in [0.25, 0.3) is 28.5 Å². The number of hydrogen-bond donors (Lipinski definition) is 1. The van der Waals surface area contributed by atoms with E-state index in [9.17, 15) is 9.50 Å². The number of allylic oxidation sites excluding steroid dienone is 1. The number of halogens is 1. The summed E-state index contributed by atoms with van der Waals surface area (Å²) in [6, 6.07) is 16.7. The van der Waals surface area contributed by atoms with Gasteiger partial charge in [0.1, 0.15) is 18.2 Å². The monoisotopic (exact) mass is 417 g/mol. The summed E-state index contributed by atoms with van der Waals surface area (Å²) in [6.07, 6.45) is 9.65. The Labute approximate surface area is 183 Å². The van der Waals surface area contributed by atoms with Crippen molar-refractivity contribution in [2.24, 2.45) is 0 Å². The molecule has 0 amide bonds. The molecule has 1 aromatic heterocycles. The highest BCUT2D eigenvalue weighted by molar-refractivity contribution is 5.68. The van der Waals surface area contributed by atoms with Gasteiger partial charge in [-0.15, -0.1) is 0 Å². The second-order valence-corrected chi connectivity index (χ2v) is 7.48. The van der Waals surface area contributed by atoms with E-state index in [1.807, 2.05) is 54.6 Å². The molecule has 0 saturated heterocycles. The van der Waals surface area contributed by atoms with Gasteiger partial charge in [0.15, 0.2) is 0 Å². The maximum atomic E-state index is 14.7. The number of nitrogens with zero attached hydrogens (tertiary/aromatic N) is 1. The minimum absolute atomic E-state index is 0.278. The summed E-state index contributed by atoms with van der Waals surface area (Å²) in [7, 11) is 0. The Morgan fingerprint density at radius 2 is 1.87 bits per heavy atom. The summed E-state index contributed by atoms with van der Waals surface area (Å²) >= 11 is 0. The Morgan fingerprint density at radius 3 is 2.52 bits per heavy atom. The van der Waals surface area contributed by atoms with Gasteiger partial charge in [0, 0.05) is 17.3 Å². The molecule has 4 heteroatoms. The minimum atomic E-state index is -0.296. The lowest BCUT2D eigenvalue weighted by atomic mass is 10.0. The third kappa shape index (κ3) is 6.63. The van der Waals surface area contributed by atoms with Crippen LogP contribution in [0, 0.1) is 5.82 Å². The molecule has 3 aromatic rings. The van der Waals surface area contributed by atoms with E-state index in [-0.39, 0.29) is 11.9 Å². The normalized spacial score (nSPS) is 12.1. The van der Waals surface area contributed by atoms with Gasteiger partial charge in [0.25, 0.3) is 0 Å². The van der Waals surface area contributed by atoms with Crippen LogP contribution in [0.3, 0.4) is 0 Å². The molecule has 160 valence electrons. The lowest BCUT2D eigenvalue weighted by Crippen LogP contribution is -1.97. The quantitative estimate of drug-likeness (QED) is 0.295. The van der Waals surface area contributed by atoms with Crippen molar-refractivity contribution < 1.29 is 14.2 Å². The standard InChI is InChI=1S/C27H28FNO2/c1-3-17-31-24-13-10-22(11-14-24)23-12-16-27(29-19-23)25-15-9-21(18-26(25)28)8-6-4-5-7-20(2)30/h3,6,8-16,18-20,30H,1,4-5,7,17H2,2H3. The molecular formula is C27H28FNO2. The fourth-order valence-electron chi connectivity index (χ4n) is 3.22. The van der Waals surface area contributed by atoms with Crippen molar-refractivity contribution >= 4 is 6.08 Å². The van der Waals surface area contributed by atoms with Crippen molar-refractivity contribution in [1.82, 2.24) is 4.98 Å². The fraction of sp³-hybridized carbons (Fsp3) is 0.222. The molecule has 0 saturated carbocycles. The summed E-state index contributed by atoms with van der Waals surface area (Å²) in [5.74, 6) is 0.488. The van der Waals surface area contributed by atoms with E-state index in [1.54, 1.807) is 25.3 Å². The number of rotatable bonds is 10. The number of unbranched alkanes of at least 4 members (excludes halogenated alkanes) is 1. The van der Waals surface area contributed by atoms with E-state index in [0.717, 1.165) is 41.7 Å². The van der Waals surface area contributed by atoms with Crippen LogP contribution in [0.1, 0.15) is 31.7 Å². The van der Waals surface area contributed by atoms with E-state index >= 15 is 0 Å². The largest absolute Gasteiger partial charge is 0.490 e. The van der Waals surface area contributed by atoms with Gasteiger partial charge >= 0.3 is 0 Å². The summed E-state index contributed by atoms with van der Waals surface area (Å²) in [5.41, 5.74) is 3.86. The highest BCUT2D eigenvalue weighted by atomic mass is 19.1. The molecule has 0 bridgehead atoms. The molecule has 1 N–H and O–H groups in total. The zero-order valence-corrected chi connectivity index (χ0v) is 17.8. The third-order valence-corrected chi connectivity index (χ3v) is 4.89. The predicted molar refractivity (Wildman–Crippen MR) is 125 cm³/mol. The molecule has 0 aliphatic heterocycles. The van der Waals surface area contributed by atoms with E-state index in [0.29, 0.717) is 17.9 Å². The van der Waals surface area contributed by atoms with Gasteiger partial charge in [-0.05, 0) is 67.6 Å². The first kappa shape index (κ1) is 22.4. The van der Waals surface area contributed by atoms with Gasteiger partial charge in [-0.3, -0.25) is 4.98 Å². The lowest BCUT2D eigenvalue weighted by molar-refractivity contribution is 0.182. The third-order valence-electron chi connectivity index (χ3n) is 4.89. The SMILES string of the molecule is C=CCOc1ccc(-c2ccc(-c3ccc(C=CCCCC(C)O)cc3F)nc2)cc1. The van der Waals surface area contributed by atoms with Gasteiger partial charge in [0.05, 0.1) is 11.8 Å². The second-order valence-electron chi connectivity index (χ2n) is 7.48. The number of pyridine rings is 1. The van der Waals surface area contributed by atoms with Crippen LogP contribution in [0.5, 0.6) is 5.75 Å². The Balaban J connectivity index is 1.66. The summed E-state index contributed by atoms with van der Waals surface area (Å²) in [4.78, 5) is 4.46. The molecule has 2 aromatic carbocycles. The number of aliphatic hydroxyl groups excluding tert-OH is 1. The van der Waals surface area contributed by atoms with Crippen LogP contribution in [0.2, 0.25) is 0 Å². The molecular weight excluding hydrogens is 389 g/mol. The number of ether oxygens (including phenoxy) is 1. The zero-order chi connectivity index (χ0) is 22.1. The molecule has 3 nitrogen and oxygen atoms in total. The van der Waals surface area contributed by atoms with Crippen molar-refractivity contribution in [3.8, 4) is 28.1 Å². The first-order chi connectivity index (χ1) is 15.1. The number of benzene rings is 2. The maximum Gasteiger partial charge on any atom is 0.133 e.